The van der Waals surface area contributed by atoms with Crippen molar-refractivity contribution in [3.05, 3.63) is 39.5 Å². The number of carbonyl (C=O) groups is 1. The maximum Gasteiger partial charge on any atom is 0.343 e. The van der Waals surface area contributed by atoms with Crippen molar-refractivity contribution in [2.45, 2.75) is 0 Å². The lowest BCUT2D eigenvalue weighted by Crippen LogP contribution is -1.94. The Kier molecular flexibility index (Phi) is 4.17. The van der Waals surface area contributed by atoms with Gasteiger partial charge in [-0.1, -0.05) is 30.3 Å². The van der Waals surface area contributed by atoms with Crippen LogP contribution in [0.4, 0.5) is 0 Å². The lowest BCUT2D eigenvalue weighted by atomic mass is 10.2. The van der Waals surface area contributed by atoms with E-state index >= 15 is 0 Å². The van der Waals surface area contributed by atoms with Gasteiger partial charge in [-0.05, 0) is 50.7 Å². The maximum absolute atomic E-state index is 10.6. The highest BCUT2D eigenvalue weighted by Gasteiger charge is 2.09. The minimum Gasteiger partial charge on any atom is -0.477 e. The topological polar surface area (TPSA) is 37.3 Å². The zero-order chi connectivity index (χ0) is 9.84. The molecular weight excluding hydrogens is 394 g/mol. The Morgan fingerprint density at radius 2 is 1.69 bits per heavy atom. The zero-order valence-electron chi connectivity index (χ0n) is 6.50. The zero-order valence-corrected chi connectivity index (χ0v) is 10.8. The van der Waals surface area contributed by atoms with E-state index in [1.807, 2.05) is 75.5 Å². The largest absolute Gasteiger partial charge is 0.477 e. The molecule has 0 unspecified atom stereocenters. The molecule has 0 aliphatic rings. The van der Waals surface area contributed by atoms with Gasteiger partial charge in [0, 0.05) is 3.58 Å². The van der Waals surface area contributed by atoms with E-state index in [1.165, 1.54) is 0 Å². The van der Waals surface area contributed by atoms with Crippen LogP contribution in [-0.2, 0) is 4.79 Å². The second-order valence-electron chi connectivity index (χ2n) is 2.30. The Balaban J connectivity index is 3.11. The van der Waals surface area contributed by atoms with E-state index in [4.69, 9.17) is 5.11 Å². The Bertz CT molecular complexity index is 344. The summed E-state index contributed by atoms with van der Waals surface area (Å²) in [6.45, 7) is 0. The van der Waals surface area contributed by atoms with E-state index in [2.05, 4.69) is 0 Å². The van der Waals surface area contributed by atoms with Gasteiger partial charge in [0.2, 0.25) is 0 Å². The Labute approximate surface area is 103 Å². The molecule has 0 fully saturated rings. The number of hydrogen-bond acceptors (Lipinski definition) is 1. The van der Waals surface area contributed by atoms with Crippen LogP contribution in [-0.4, -0.2) is 11.1 Å². The highest BCUT2D eigenvalue weighted by Crippen LogP contribution is 2.29. The van der Waals surface area contributed by atoms with Crippen molar-refractivity contribution in [1.82, 2.24) is 0 Å². The van der Waals surface area contributed by atoms with Crippen LogP contribution in [0.25, 0.3) is 3.58 Å². The molecule has 1 aromatic rings. The fraction of sp³-hybridized carbons (Fsp3) is 0. The third-order valence-electron chi connectivity index (χ3n) is 1.41. The fourth-order valence-corrected chi connectivity index (χ4v) is 1.71. The first kappa shape index (κ1) is 11.0. The number of carboxylic acids is 1. The molecule has 0 saturated heterocycles. The molecule has 0 amide bonds. The van der Waals surface area contributed by atoms with Gasteiger partial charge in [0.25, 0.3) is 0 Å². The molecule has 13 heavy (non-hydrogen) atoms. The first-order valence-electron chi connectivity index (χ1n) is 3.47. The molecule has 68 valence electrons. The summed E-state index contributed by atoms with van der Waals surface area (Å²) in [5.41, 5.74) is 0.940. The summed E-state index contributed by atoms with van der Waals surface area (Å²) in [6.07, 6.45) is 0. The number of benzene rings is 1. The van der Waals surface area contributed by atoms with E-state index in [0.29, 0.717) is 3.58 Å². The van der Waals surface area contributed by atoms with Gasteiger partial charge in [0.15, 0.2) is 0 Å². The van der Waals surface area contributed by atoms with Gasteiger partial charge in [-0.15, -0.1) is 0 Å². The molecule has 0 spiro atoms. The van der Waals surface area contributed by atoms with Crippen LogP contribution < -0.4 is 0 Å². The number of aliphatic carboxylic acids is 1. The predicted octanol–water partition coefficient (Wildman–Crippen LogP) is 3.31. The number of rotatable bonds is 2. The SMILES string of the molecule is O=C(O)/C(I)=C(\I)c1ccccc1. The molecule has 1 rings (SSSR count). The average molecular weight is 400 g/mol. The fourth-order valence-electron chi connectivity index (χ4n) is 0.805. The minimum atomic E-state index is -0.881. The van der Waals surface area contributed by atoms with Crippen LogP contribution in [0.1, 0.15) is 5.56 Å². The first-order valence-corrected chi connectivity index (χ1v) is 5.62. The van der Waals surface area contributed by atoms with Gasteiger partial charge >= 0.3 is 5.97 Å². The number of carboxylic acid groups (broad SMARTS) is 1. The molecular formula is C9H6I2O2. The summed E-state index contributed by atoms with van der Waals surface area (Å²) < 4.78 is 1.12. The third kappa shape index (κ3) is 2.94. The molecule has 0 heterocycles. The van der Waals surface area contributed by atoms with E-state index in [-0.39, 0.29) is 0 Å². The lowest BCUT2D eigenvalue weighted by Gasteiger charge is -2.00. The summed E-state index contributed by atoms with van der Waals surface area (Å²) in [4.78, 5) is 10.6. The van der Waals surface area contributed by atoms with E-state index in [1.54, 1.807) is 0 Å². The van der Waals surface area contributed by atoms with Crippen molar-refractivity contribution in [2.75, 3.05) is 0 Å². The van der Waals surface area contributed by atoms with Crippen molar-refractivity contribution >= 4 is 54.7 Å². The summed E-state index contributed by atoms with van der Waals surface area (Å²) >= 11 is 3.87. The molecule has 1 N–H and O–H groups in total. The van der Waals surface area contributed by atoms with Gasteiger partial charge in [0.05, 0.1) is 0 Å². The average Bonchev–Trinajstić information content (AvgIpc) is 2.17. The highest BCUT2D eigenvalue weighted by molar-refractivity contribution is 14.1. The van der Waals surface area contributed by atoms with Crippen LogP contribution in [0, 0.1) is 0 Å². The smallest absolute Gasteiger partial charge is 0.343 e. The quantitative estimate of drug-likeness (QED) is 0.612. The van der Waals surface area contributed by atoms with Crippen LogP contribution in [0.15, 0.2) is 33.9 Å². The molecule has 2 nitrogen and oxygen atoms in total. The monoisotopic (exact) mass is 400 g/mol. The van der Waals surface area contributed by atoms with Crippen molar-refractivity contribution in [3.8, 4) is 0 Å². The van der Waals surface area contributed by atoms with Crippen molar-refractivity contribution in [2.24, 2.45) is 0 Å². The van der Waals surface area contributed by atoms with Crippen molar-refractivity contribution in [3.63, 3.8) is 0 Å². The number of halogens is 2. The summed E-state index contributed by atoms with van der Waals surface area (Å²) in [5.74, 6) is -0.881. The van der Waals surface area contributed by atoms with Gasteiger partial charge in [-0.3, -0.25) is 0 Å². The van der Waals surface area contributed by atoms with E-state index in [0.717, 1.165) is 9.14 Å². The lowest BCUT2D eigenvalue weighted by molar-refractivity contribution is -0.131. The van der Waals surface area contributed by atoms with Gasteiger partial charge in [0.1, 0.15) is 3.58 Å². The Morgan fingerprint density at radius 3 is 2.15 bits per heavy atom. The normalized spacial score (nSPS) is 12.2. The second-order valence-corrected chi connectivity index (χ2v) is 4.46. The molecule has 0 aliphatic heterocycles. The highest BCUT2D eigenvalue weighted by atomic mass is 127. The van der Waals surface area contributed by atoms with Gasteiger partial charge in [-0.25, -0.2) is 4.79 Å². The standard InChI is InChI=1S/C9H6I2O2/c10-7(8(11)9(12)13)6-4-2-1-3-5-6/h1-5H,(H,12,13)/b8-7+. The molecule has 1 aromatic carbocycles. The van der Waals surface area contributed by atoms with E-state index in [9.17, 15) is 4.79 Å². The van der Waals surface area contributed by atoms with Crippen LogP contribution in [0.5, 0.6) is 0 Å². The van der Waals surface area contributed by atoms with Crippen LogP contribution >= 0.6 is 45.2 Å². The molecule has 0 bridgehead atoms. The third-order valence-corrected chi connectivity index (χ3v) is 4.60. The second kappa shape index (κ2) is 4.94. The van der Waals surface area contributed by atoms with Crippen LogP contribution in [0.2, 0.25) is 0 Å². The summed E-state index contributed by atoms with van der Waals surface area (Å²) in [6, 6.07) is 9.47. The van der Waals surface area contributed by atoms with Crippen molar-refractivity contribution < 1.29 is 9.90 Å². The molecule has 4 heteroatoms. The van der Waals surface area contributed by atoms with Crippen LogP contribution in [0.3, 0.4) is 0 Å². The Hall–Kier alpha value is -0.110. The van der Waals surface area contributed by atoms with E-state index < -0.39 is 5.97 Å². The van der Waals surface area contributed by atoms with Crippen molar-refractivity contribution in [1.29, 1.82) is 0 Å². The van der Waals surface area contributed by atoms with Gasteiger partial charge in [-0.2, -0.15) is 0 Å². The Morgan fingerprint density at radius 1 is 1.15 bits per heavy atom. The summed E-state index contributed by atoms with van der Waals surface area (Å²) in [5, 5.41) is 8.74. The minimum absolute atomic E-state index is 0.351. The summed E-state index contributed by atoms with van der Waals surface area (Å²) in [7, 11) is 0. The maximum atomic E-state index is 10.6. The predicted molar refractivity (Wildman–Crippen MR) is 69.0 cm³/mol. The number of hydrogen-bond donors (Lipinski definition) is 1. The molecule has 0 radical (unpaired) electrons. The molecule has 0 atom stereocenters. The van der Waals surface area contributed by atoms with Gasteiger partial charge < -0.3 is 5.11 Å². The molecule has 0 aliphatic carbocycles. The molecule has 0 saturated carbocycles. The first-order chi connectivity index (χ1) is 6.13. The molecule has 0 aromatic heterocycles.